The molecule has 35 heavy (non-hydrogen) atoms. The van der Waals surface area contributed by atoms with Crippen molar-refractivity contribution < 1.29 is 22.7 Å². The molecule has 0 aromatic heterocycles. The summed E-state index contributed by atoms with van der Waals surface area (Å²) in [6, 6.07) is 6.03. The monoisotopic (exact) mass is 497 g/mol. The predicted molar refractivity (Wildman–Crippen MR) is 136 cm³/mol. The lowest BCUT2D eigenvalue weighted by Gasteiger charge is -2.43. The number of carbonyl (C=O) groups is 1. The van der Waals surface area contributed by atoms with Gasteiger partial charge in [0.25, 0.3) is 0 Å². The highest BCUT2D eigenvalue weighted by molar-refractivity contribution is 5.69. The number of halogens is 3. The highest BCUT2D eigenvalue weighted by Crippen LogP contribution is 2.41. The van der Waals surface area contributed by atoms with Crippen LogP contribution in [0.1, 0.15) is 103 Å². The number of ether oxygens (including phenoxy) is 1. The Morgan fingerprint density at radius 3 is 2.06 bits per heavy atom. The van der Waals surface area contributed by atoms with Crippen molar-refractivity contribution in [3.63, 3.8) is 0 Å². The summed E-state index contributed by atoms with van der Waals surface area (Å²) >= 11 is 0. The van der Waals surface area contributed by atoms with Crippen LogP contribution in [0.4, 0.5) is 13.2 Å². The van der Waals surface area contributed by atoms with Gasteiger partial charge in [-0.05, 0) is 106 Å². The van der Waals surface area contributed by atoms with Gasteiger partial charge in [0.1, 0.15) is 0 Å². The molecule has 2 rings (SSSR count). The Hall–Kier alpha value is -1.56. The Morgan fingerprint density at radius 2 is 1.57 bits per heavy atom. The fourth-order valence-electron chi connectivity index (χ4n) is 5.45. The molecule has 0 saturated heterocycles. The fourth-order valence-corrected chi connectivity index (χ4v) is 5.45. The third-order valence-corrected chi connectivity index (χ3v) is 7.27. The number of benzene rings is 1. The van der Waals surface area contributed by atoms with Crippen molar-refractivity contribution in [2.75, 3.05) is 19.7 Å². The van der Waals surface area contributed by atoms with Crippen molar-refractivity contribution >= 4 is 5.97 Å². The lowest BCUT2D eigenvalue weighted by molar-refractivity contribution is -0.144. The molecule has 0 N–H and O–H groups in total. The van der Waals surface area contributed by atoms with E-state index in [0.29, 0.717) is 24.9 Å². The van der Waals surface area contributed by atoms with Crippen LogP contribution in [0.2, 0.25) is 0 Å². The van der Waals surface area contributed by atoms with Crippen molar-refractivity contribution in [2.24, 2.45) is 17.8 Å². The molecule has 1 fully saturated rings. The molecule has 0 unspecified atom stereocenters. The zero-order chi connectivity index (χ0) is 26.0. The second-order valence-electron chi connectivity index (χ2n) is 11.1. The van der Waals surface area contributed by atoms with Crippen LogP contribution in [-0.4, -0.2) is 36.6 Å². The molecular formula is C29H46F3NO2. The van der Waals surface area contributed by atoms with Gasteiger partial charge in [0, 0.05) is 12.5 Å². The van der Waals surface area contributed by atoms with E-state index >= 15 is 0 Å². The SMILES string of the molecule is CCOC(=O)C[C@@H]1CC[C@@H](N(CCCC(C)C)CCCC(C)C)[C@H](c2ccc(C(F)(F)F)cc2)C1. The van der Waals surface area contributed by atoms with E-state index in [4.69, 9.17) is 4.74 Å². The van der Waals surface area contributed by atoms with Crippen LogP contribution in [0, 0.1) is 17.8 Å². The first kappa shape index (κ1) is 29.7. The molecule has 0 aliphatic heterocycles. The van der Waals surface area contributed by atoms with Gasteiger partial charge in [0.2, 0.25) is 0 Å². The van der Waals surface area contributed by atoms with Gasteiger partial charge in [-0.3, -0.25) is 9.69 Å². The third-order valence-electron chi connectivity index (χ3n) is 7.27. The number of carbonyl (C=O) groups excluding carboxylic acids is 1. The maximum absolute atomic E-state index is 13.2. The van der Waals surface area contributed by atoms with Crippen LogP contribution in [0.25, 0.3) is 0 Å². The highest BCUT2D eigenvalue weighted by Gasteiger charge is 2.37. The van der Waals surface area contributed by atoms with Gasteiger partial charge in [-0.2, -0.15) is 13.2 Å². The zero-order valence-corrected chi connectivity index (χ0v) is 22.4. The van der Waals surface area contributed by atoms with Crippen LogP contribution >= 0.6 is 0 Å². The largest absolute Gasteiger partial charge is 0.466 e. The van der Waals surface area contributed by atoms with Crippen LogP contribution < -0.4 is 0 Å². The average molecular weight is 498 g/mol. The summed E-state index contributed by atoms with van der Waals surface area (Å²) in [5.41, 5.74) is 0.344. The molecule has 3 atom stereocenters. The number of hydrogen-bond acceptors (Lipinski definition) is 3. The molecule has 1 aliphatic carbocycles. The van der Waals surface area contributed by atoms with E-state index in [1.54, 1.807) is 12.1 Å². The normalized spacial score (nSPS) is 21.2. The third kappa shape index (κ3) is 10.1. The quantitative estimate of drug-likeness (QED) is 0.258. The Labute approximate surface area is 210 Å². The van der Waals surface area contributed by atoms with E-state index < -0.39 is 11.7 Å². The maximum Gasteiger partial charge on any atom is 0.416 e. The molecule has 0 amide bonds. The summed E-state index contributed by atoms with van der Waals surface area (Å²) in [5, 5.41) is 0. The number of esters is 1. The molecule has 0 heterocycles. The number of rotatable bonds is 13. The van der Waals surface area contributed by atoms with E-state index in [2.05, 4.69) is 32.6 Å². The van der Waals surface area contributed by atoms with Gasteiger partial charge in [0.15, 0.2) is 0 Å². The number of alkyl halides is 3. The van der Waals surface area contributed by atoms with Gasteiger partial charge in [-0.1, -0.05) is 39.8 Å². The minimum Gasteiger partial charge on any atom is -0.466 e. The molecule has 1 aromatic rings. The minimum atomic E-state index is -4.34. The van der Waals surface area contributed by atoms with Gasteiger partial charge >= 0.3 is 12.1 Å². The average Bonchev–Trinajstić information content (AvgIpc) is 2.77. The van der Waals surface area contributed by atoms with Gasteiger partial charge < -0.3 is 4.74 Å². The summed E-state index contributed by atoms with van der Waals surface area (Å²) in [6.07, 6.45) is 3.36. The molecule has 0 bridgehead atoms. The summed E-state index contributed by atoms with van der Waals surface area (Å²) in [6.45, 7) is 13.2. The van der Waals surface area contributed by atoms with Crippen molar-refractivity contribution in [3.05, 3.63) is 35.4 Å². The molecule has 0 radical (unpaired) electrons. The Morgan fingerprint density at radius 1 is 1.00 bits per heavy atom. The zero-order valence-electron chi connectivity index (χ0n) is 22.4. The van der Waals surface area contributed by atoms with E-state index in [9.17, 15) is 18.0 Å². The smallest absolute Gasteiger partial charge is 0.416 e. The Kier molecular flexibility index (Phi) is 12.1. The molecule has 6 heteroatoms. The highest BCUT2D eigenvalue weighted by atomic mass is 19.4. The molecule has 200 valence electrons. The number of hydrogen-bond donors (Lipinski definition) is 0. The molecule has 1 aromatic carbocycles. The van der Waals surface area contributed by atoms with E-state index in [-0.39, 0.29) is 23.8 Å². The van der Waals surface area contributed by atoms with E-state index in [1.807, 2.05) is 6.92 Å². The molecule has 1 aliphatic rings. The van der Waals surface area contributed by atoms with Crippen molar-refractivity contribution in [1.29, 1.82) is 0 Å². The number of nitrogens with zero attached hydrogens (tertiary/aromatic N) is 1. The van der Waals surface area contributed by atoms with Gasteiger partial charge in [-0.15, -0.1) is 0 Å². The lowest BCUT2D eigenvalue weighted by Crippen LogP contribution is -2.44. The Balaban J connectivity index is 2.27. The first-order valence-electron chi connectivity index (χ1n) is 13.6. The predicted octanol–water partition coefficient (Wildman–Crippen LogP) is 8.09. The van der Waals surface area contributed by atoms with Crippen molar-refractivity contribution in [3.8, 4) is 0 Å². The van der Waals surface area contributed by atoms with Crippen LogP contribution in [-0.2, 0) is 15.7 Å². The minimum absolute atomic E-state index is 0.114. The second kappa shape index (κ2) is 14.2. The summed E-state index contributed by atoms with van der Waals surface area (Å²) in [5.74, 6) is 1.44. The first-order valence-corrected chi connectivity index (χ1v) is 13.6. The summed E-state index contributed by atoms with van der Waals surface area (Å²) in [7, 11) is 0. The second-order valence-corrected chi connectivity index (χ2v) is 11.1. The lowest BCUT2D eigenvalue weighted by atomic mass is 9.73. The topological polar surface area (TPSA) is 29.5 Å². The van der Waals surface area contributed by atoms with E-state index in [0.717, 1.165) is 50.8 Å². The maximum atomic E-state index is 13.2. The van der Waals surface area contributed by atoms with Crippen LogP contribution in [0.15, 0.2) is 24.3 Å². The van der Waals surface area contributed by atoms with Crippen molar-refractivity contribution in [1.82, 2.24) is 4.90 Å². The molecule has 1 saturated carbocycles. The standard InChI is InChI=1S/C29H46F3NO2/c1-6-35-28(34)20-23-11-16-27(33(17-7-9-21(2)3)18-8-10-22(4)5)26(19-23)24-12-14-25(15-13-24)29(30,31)32/h12-15,21-23,26-27H,6-11,16-20H2,1-5H3/t23-,26+,27-/m1/s1. The Bertz CT molecular complexity index is 731. The summed E-state index contributed by atoms with van der Waals surface area (Å²) in [4.78, 5) is 14.8. The van der Waals surface area contributed by atoms with Gasteiger partial charge in [-0.25, -0.2) is 0 Å². The first-order chi connectivity index (χ1) is 16.5. The molecule has 0 spiro atoms. The van der Waals surface area contributed by atoms with Crippen LogP contribution in [0.5, 0.6) is 0 Å². The molecular weight excluding hydrogens is 451 g/mol. The van der Waals surface area contributed by atoms with Crippen molar-refractivity contribution in [2.45, 2.75) is 104 Å². The van der Waals surface area contributed by atoms with Gasteiger partial charge in [0.05, 0.1) is 12.2 Å². The fraction of sp³-hybridized carbons (Fsp3) is 0.759. The molecule has 3 nitrogen and oxygen atoms in total. The van der Waals surface area contributed by atoms with Crippen LogP contribution in [0.3, 0.4) is 0 Å². The van der Waals surface area contributed by atoms with E-state index in [1.165, 1.54) is 25.0 Å². The summed E-state index contributed by atoms with van der Waals surface area (Å²) < 4.78 is 44.8.